The third-order valence-electron chi connectivity index (χ3n) is 2.76. The molecule has 0 heterocycles. The predicted molar refractivity (Wildman–Crippen MR) is 63.9 cm³/mol. The highest BCUT2D eigenvalue weighted by Crippen LogP contribution is 2.52. The van der Waals surface area contributed by atoms with Crippen LogP contribution in [0.4, 0.5) is 26.3 Å². The van der Waals surface area contributed by atoms with Gasteiger partial charge in [-0.25, -0.2) is 4.79 Å². The minimum absolute atomic E-state index is 0.292. The Labute approximate surface area is 120 Å². The monoisotopic (exact) mass is 328 g/mol. The van der Waals surface area contributed by atoms with Crippen LogP contribution in [-0.2, 0) is 15.1 Å². The lowest BCUT2D eigenvalue weighted by Crippen LogP contribution is -2.56. The van der Waals surface area contributed by atoms with E-state index in [1.54, 1.807) is 0 Å². The molecule has 0 aliphatic rings. The van der Waals surface area contributed by atoms with Crippen molar-refractivity contribution in [2.45, 2.75) is 18.0 Å². The van der Waals surface area contributed by atoms with Gasteiger partial charge in [0.25, 0.3) is 5.60 Å². The largest absolute Gasteiger partial charge is 0.480 e. The van der Waals surface area contributed by atoms with Crippen molar-refractivity contribution in [1.82, 2.24) is 0 Å². The topological polar surface area (TPSA) is 46.5 Å². The minimum Gasteiger partial charge on any atom is -0.480 e. The van der Waals surface area contributed by atoms with E-state index in [0.29, 0.717) is 17.7 Å². The van der Waals surface area contributed by atoms with Crippen molar-refractivity contribution in [2.75, 3.05) is 6.61 Å². The Morgan fingerprint density at radius 2 is 1.55 bits per heavy atom. The quantitative estimate of drug-likeness (QED) is 0.838. The molecule has 9 heteroatoms. The molecule has 0 saturated carbocycles. The zero-order valence-corrected chi connectivity index (χ0v) is 10.8. The van der Waals surface area contributed by atoms with Gasteiger partial charge in [0.05, 0.1) is 0 Å². The van der Waals surface area contributed by atoms with E-state index in [9.17, 15) is 31.1 Å². The lowest BCUT2D eigenvalue weighted by atomic mass is 9.91. The van der Waals surface area contributed by atoms with Gasteiger partial charge in [-0.2, -0.15) is 26.3 Å². The van der Waals surface area contributed by atoms with E-state index in [1.807, 2.05) is 0 Å². The summed E-state index contributed by atoms with van der Waals surface area (Å²) in [6.07, 6.45) is -10.6. The second kappa shape index (κ2) is 5.99. The molecule has 0 saturated heterocycles. The molecule has 0 aromatic heterocycles. The van der Waals surface area contributed by atoms with Gasteiger partial charge in [-0.15, -0.1) is 0 Å². The normalized spacial score (nSPS) is 13.0. The summed E-state index contributed by atoms with van der Waals surface area (Å²) in [7, 11) is 0. The number of carbonyl (C=O) groups is 1. The highest BCUT2D eigenvalue weighted by Gasteiger charge is 2.73. The molecule has 1 aromatic carbocycles. The number of halogens is 6. The maximum Gasteiger partial charge on any atom is 0.430 e. The van der Waals surface area contributed by atoms with Crippen LogP contribution in [0, 0.1) is 0 Å². The molecular weight excluding hydrogens is 318 g/mol. The molecule has 1 N–H and O–H groups in total. The van der Waals surface area contributed by atoms with Gasteiger partial charge in [0.15, 0.2) is 0 Å². The molecule has 1 aromatic rings. The average Bonchev–Trinajstić information content (AvgIpc) is 2.36. The number of benzene rings is 1. The van der Waals surface area contributed by atoms with Crippen molar-refractivity contribution < 1.29 is 41.0 Å². The third-order valence-corrected chi connectivity index (χ3v) is 2.76. The smallest absolute Gasteiger partial charge is 0.430 e. The van der Waals surface area contributed by atoms with Crippen molar-refractivity contribution in [3.05, 3.63) is 42.0 Å². The molecule has 22 heavy (non-hydrogen) atoms. The van der Waals surface area contributed by atoms with Crippen molar-refractivity contribution in [3.63, 3.8) is 0 Å². The summed E-state index contributed by atoms with van der Waals surface area (Å²) in [5.74, 6) is -1.96. The molecule has 122 valence electrons. The zero-order chi connectivity index (χ0) is 17.2. The Morgan fingerprint density at radius 1 is 1.09 bits per heavy atom. The number of alkyl halides is 6. The van der Waals surface area contributed by atoms with Crippen molar-refractivity contribution in [3.8, 4) is 0 Å². The van der Waals surface area contributed by atoms with Crippen LogP contribution in [0.15, 0.2) is 30.8 Å². The minimum atomic E-state index is -5.91. The molecule has 0 atom stereocenters. The standard InChI is InChI=1S/C13H10F6O3/c1-2-8-3-5-9(6-4-8)11(12(14,15)16,13(17,18)19)22-7-10(20)21/h2-6H,1,7H2,(H,20,21). The number of hydrogen-bond donors (Lipinski definition) is 1. The molecule has 0 radical (unpaired) electrons. The van der Waals surface area contributed by atoms with Crippen LogP contribution in [0.25, 0.3) is 6.08 Å². The van der Waals surface area contributed by atoms with Crippen LogP contribution >= 0.6 is 0 Å². The zero-order valence-electron chi connectivity index (χ0n) is 10.8. The number of aliphatic carboxylic acids is 1. The van der Waals surface area contributed by atoms with Gasteiger partial charge in [-0.05, 0) is 5.56 Å². The number of carboxylic acids is 1. The lowest BCUT2D eigenvalue weighted by Gasteiger charge is -2.37. The van der Waals surface area contributed by atoms with Gasteiger partial charge in [-0.1, -0.05) is 36.9 Å². The molecule has 0 spiro atoms. The van der Waals surface area contributed by atoms with Crippen molar-refractivity contribution in [2.24, 2.45) is 0 Å². The molecule has 3 nitrogen and oxygen atoms in total. The molecule has 0 aliphatic carbocycles. The van der Waals surface area contributed by atoms with E-state index in [0.717, 1.165) is 12.1 Å². The summed E-state index contributed by atoms with van der Waals surface area (Å²) < 4.78 is 82.6. The van der Waals surface area contributed by atoms with Gasteiger partial charge in [0.1, 0.15) is 6.61 Å². The van der Waals surface area contributed by atoms with E-state index in [2.05, 4.69) is 11.3 Å². The van der Waals surface area contributed by atoms with E-state index in [1.165, 1.54) is 6.08 Å². The summed E-state index contributed by atoms with van der Waals surface area (Å²) in [6.45, 7) is 1.56. The van der Waals surface area contributed by atoms with Gasteiger partial charge >= 0.3 is 18.3 Å². The van der Waals surface area contributed by atoms with E-state index >= 15 is 0 Å². The second-order valence-corrected chi connectivity index (χ2v) is 4.19. The van der Waals surface area contributed by atoms with Gasteiger partial charge < -0.3 is 9.84 Å². The van der Waals surface area contributed by atoms with Gasteiger partial charge in [-0.3, -0.25) is 0 Å². The van der Waals surface area contributed by atoms with Crippen molar-refractivity contribution in [1.29, 1.82) is 0 Å². The van der Waals surface area contributed by atoms with E-state index < -0.39 is 36.1 Å². The molecule has 1 rings (SSSR count). The van der Waals surface area contributed by atoms with Gasteiger partial charge in [0.2, 0.25) is 0 Å². The Hall–Kier alpha value is -2.03. The average molecular weight is 328 g/mol. The van der Waals surface area contributed by atoms with Gasteiger partial charge in [0, 0.05) is 5.56 Å². The first-order chi connectivity index (χ1) is 9.95. The number of ether oxygens (including phenoxy) is 1. The molecule has 0 amide bonds. The molecule has 0 bridgehead atoms. The summed E-state index contributed by atoms with van der Waals surface area (Å²) >= 11 is 0. The second-order valence-electron chi connectivity index (χ2n) is 4.19. The third kappa shape index (κ3) is 3.24. The van der Waals surface area contributed by atoms with Crippen molar-refractivity contribution >= 4 is 12.0 Å². The fourth-order valence-electron chi connectivity index (χ4n) is 1.76. The highest BCUT2D eigenvalue weighted by molar-refractivity contribution is 5.68. The maximum atomic E-state index is 13.1. The molecule has 0 fully saturated rings. The number of rotatable bonds is 5. The van der Waals surface area contributed by atoms with Crippen LogP contribution in [0.2, 0.25) is 0 Å². The van der Waals surface area contributed by atoms with Crippen LogP contribution in [-0.4, -0.2) is 30.0 Å². The van der Waals surface area contributed by atoms with E-state index in [-0.39, 0.29) is 0 Å². The molecular formula is C13H10F6O3. The summed E-state index contributed by atoms with van der Waals surface area (Å²) in [5, 5.41) is 8.36. The van der Waals surface area contributed by atoms with Crippen LogP contribution in [0.1, 0.15) is 11.1 Å². The highest BCUT2D eigenvalue weighted by atomic mass is 19.4. The number of carboxylic acid groups (broad SMARTS) is 1. The predicted octanol–water partition coefficient (Wildman–Crippen LogP) is 3.75. The Morgan fingerprint density at radius 3 is 1.86 bits per heavy atom. The molecule has 0 unspecified atom stereocenters. The van der Waals surface area contributed by atoms with Crippen LogP contribution < -0.4 is 0 Å². The van der Waals surface area contributed by atoms with Crippen LogP contribution in [0.3, 0.4) is 0 Å². The Bertz CT molecular complexity index is 530. The first-order valence-electron chi connectivity index (χ1n) is 5.68. The first kappa shape index (κ1) is 18.0. The Balaban J connectivity index is 3.52. The fraction of sp³-hybridized carbons (Fsp3) is 0.308. The molecule has 0 aliphatic heterocycles. The summed E-state index contributed by atoms with van der Waals surface area (Å²) in [5.41, 5.74) is -5.70. The van der Waals surface area contributed by atoms with E-state index in [4.69, 9.17) is 5.11 Å². The maximum absolute atomic E-state index is 13.1. The first-order valence-corrected chi connectivity index (χ1v) is 5.68. The Kier molecular flexibility index (Phi) is 4.91. The summed E-state index contributed by atoms with van der Waals surface area (Å²) in [4.78, 5) is 10.4. The van der Waals surface area contributed by atoms with Crippen LogP contribution in [0.5, 0.6) is 0 Å². The lowest BCUT2D eigenvalue weighted by molar-refractivity contribution is -0.387. The number of hydrogen-bond acceptors (Lipinski definition) is 2. The fourth-order valence-corrected chi connectivity index (χ4v) is 1.76. The summed E-state index contributed by atoms with van der Waals surface area (Å²) in [6, 6.07) is 3.11. The SMILES string of the molecule is C=Cc1ccc(C(OCC(=O)O)(C(F)(F)F)C(F)(F)F)cc1.